The number of nitrogens with one attached hydrogen (secondary N) is 1. The Morgan fingerprint density at radius 3 is 2.67 bits per heavy atom. The van der Waals surface area contributed by atoms with E-state index in [2.05, 4.69) is 11.9 Å². The molecule has 2 heterocycles. The molecular weight excluding hydrogens is 352 g/mol. The van der Waals surface area contributed by atoms with Crippen molar-refractivity contribution in [1.82, 2.24) is 0 Å². The normalized spacial score (nSPS) is 20.7. The van der Waals surface area contributed by atoms with Crippen LogP contribution in [0.5, 0.6) is 0 Å². The Balaban J connectivity index is 2.36. The molecule has 0 saturated heterocycles. The predicted octanol–water partition coefficient (Wildman–Crippen LogP) is 1.25. The molecule has 8 nitrogen and oxygen atoms in total. The summed E-state index contributed by atoms with van der Waals surface area (Å²) in [5.41, 5.74) is 4.56. The summed E-state index contributed by atoms with van der Waals surface area (Å²) in [6.45, 7) is 4.85. The number of amides is 1. The van der Waals surface area contributed by atoms with Crippen molar-refractivity contribution in [2.45, 2.75) is 12.3 Å². The molecule has 0 saturated carbocycles. The molecule has 1 aromatic carbocycles. The monoisotopic (exact) mass is 370 g/mol. The van der Waals surface area contributed by atoms with Crippen LogP contribution in [-0.4, -0.2) is 31.6 Å². The van der Waals surface area contributed by atoms with Gasteiger partial charge < -0.3 is 25.3 Å². The Hall–Kier alpha value is -3.55. The minimum Gasteiger partial charge on any atom is -0.466 e. The highest BCUT2D eigenvalue weighted by atomic mass is 16.5. The van der Waals surface area contributed by atoms with Gasteiger partial charge in [-0.25, -0.2) is 9.59 Å². The zero-order valence-corrected chi connectivity index (χ0v) is 14.8. The minimum absolute atomic E-state index is 0.0615. The molecule has 3 rings (SSSR count). The fraction of sp³-hybridized carbons (Fsp3) is 0.211. The average molecular weight is 370 g/mol. The zero-order chi connectivity index (χ0) is 19.8. The Kier molecular flexibility index (Phi) is 4.49. The summed E-state index contributed by atoms with van der Waals surface area (Å²) in [6, 6.07) is 6.69. The van der Waals surface area contributed by atoms with Gasteiger partial charge in [-0.05, 0) is 13.0 Å². The number of methoxy groups -OCH3 is 1. The third kappa shape index (κ3) is 2.49. The summed E-state index contributed by atoms with van der Waals surface area (Å²) in [7, 11) is 1.17. The predicted molar refractivity (Wildman–Crippen MR) is 94.9 cm³/mol. The molecule has 8 heteroatoms. The Morgan fingerprint density at radius 1 is 1.30 bits per heavy atom. The number of allylic oxidation sites excluding steroid dienone is 1. The molecule has 2 aliphatic rings. The molecule has 0 fully saturated rings. The van der Waals surface area contributed by atoms with Crippen LogP contribution in [0.15, 0.2) is 59.7 Å². The van der Waals surface area contributed by atoms with Crippen LogP contribution in [0.3, 0.4) is 0 Å². The molecule has 1 amide bonds. The quantitative estimate of drug-likeness (QED) is 0.605. The van der Waals surface area contributed by atoms with Gasteiger partial charge in [-0.2, -0.15) is 0 Å². The van der Waals surface area contributed by atoms with Gasteiger partial charge in [0, 0.05) is 11.3 Å². The van der Waals surface area contributed by atoms with Crippen LogP contribution < -0.4 is 11.1 Å². The lowest BCUT2D eigenvalue weighted by atomic mass is 9.67. The smallest absolute Gasteiger partial charge is 0.341 e. The van der Waals surface area contributed by atoms with Crippen LogP contribution >= 0.6 is 0 Å². The van der Waals surface area contributed by atoms with Crippen molar-refractivity contribution in [3.63, 3.8) is 0 Å². The molecule has 0 bridgehead atoms. The summed E-state index contributed by atoms with van der Waals surface area (Å²) in [5.74, 6) is -2.60. The van der Waals surface area contributed by atoms with Crippen molar-refractivity contribution in [1.29, 1.82) is 0 Å². The van der Waals surface area contributed by atoms with Crippen LogP contribution in [0.25, 0.3) is 0 Å². The molecule has 27 heavy (non-hydrogen) atoms. The number of nitrogens with two attached hydrogens (primary N) is 1. The highest BCUT2D eigenvalue weighted by molar-refractivity contribution is 6.21. The van der Waals surface area contributed by atoms with Crippen LogP contribution in [0.1, 0.15) is 12.5 Å². The first-order valence-corrected chi connectivity index (χ1v) is 8.06. The fourth-order valence-corrected chi connectivity index (χ4v) is 3.45. The van der Waals surface area contributed by atoms with Crippen molar-refractivity contribution in [2.24, 2.45) is 5.73 Å². The van der Waals surface area contributed by atoms with Gasteiger partial charge in [0.2, 0.25) is 11.8 Å². The standard InChI is InChI=1S/C19H18N2O6/c1-4-9-26-17(23)14-15(20)27-10(2)13(16(22)25-3)19(14)11-7-5-6-8-12(11)21-18(19)24/h4-8H,1,9,20H2,2-3H3,(H,21,24). The van der Waals surface area contributed by atoms with Gasteiger partial charge in [-0.3, -0.25) is 4.79 Å². The number of fused-ring (bicyclic) bond motifs is 2. The topological polar surface area (TPSA) is 117 Å². The Bertz CT molecular complexity index is 930. The Labute approximate surface area is 155 Å². The summed E-state index contributed by atoms with van der Waals surface area (Å²) in [6.07, 6.45) is 1.37. The maximum absolute atomic E-state index is 13.2. The highest BCUT2D eigenvalue weighted by Gasteiger charge is 2.61. The largest absolute Gasteiger partial charge is 0.466 e. The van der Waals surface area contributed by atoms with Crippen LogP contribution in [0.4, 0.5) is 5.69 Å². The molecule has 0 aliphatic carbocycles. The second kappa shape index (κ2) is 6.64. The molecule has 1 spiro atoms. The van der Waals surface area contributed by atoms with Crippen molar-refractivity contribution >= 4 is 23.5 Å². The van der Waals surface area contributed by atoms with E-state index in [4.69, 9.17) is 19.9 Å². The van der Waals surface area contributed by atoms with Gasteiger partial charge in [0.05, 0.1) is 7.11 Å². The number of carbonyl (C=O) groups is 3. The van der Waals surface area contributed by atoms with E-state index in [9.17, 15) is 14.4 Å². The van der Waals surface area contributed by atoms with E-state index >= 15 is 0 Å². The number of hydrogen-bond donors (Lipinski definition) is 2. The number of carbonyl (C=O) groups excluding carboxylic acids is 3. The summed E-state index contributed by atoms with van der Waals surface area (Å²) in [4.78, 5) is 38.6. The zero-order valence-electron chi connectivity index (χ0n) is 14.8. The summed E-state index contributed by atoms with van der Waals surface area (Å²) >= 11 is 0. The van der Waals surface area contributed by atoms with E-state index in [1.807, 2.05) is 0 Å². The number of benzene rings is 1. The van der Waals surface area contributed by atoms with E-state index < -0.39 is 23.3 Å². The van der Waals surface area contributed by atoms with E-state index in [0.717, 1.165) is 0 Å². The lowest BCUT2D eigenvalue weighted by Gasteiger charge is -2.35. The van der Waals surface area contributed by atoms with E-state index in [0.29, 0.717) is 11.3 Å². The molecular formula is C19H18N2O6. The first-order valence-electron chi connectivity index (χ1n) is 8.06. The highest BCUT2D eigenvalue weighted by Crippen LogP contribution is 2.52. The van der Waals surface area contributed by atoms with E-state index in [1.165, 1.54) is 20.1 Å². The first kappa shape index (κ1) is 18.2. The van der Waals surface area contributed by atoms with Gasteiger partial charge >= 0.3 is 11.9 Å². The second-order valence-corrected chi connectivity index (χ2v) is 5.90. The van der Waals surface area contributed by atoms with Crippen molar-refractivity contribution in [2.75, 3.05) is 19.0 Å². The van der Waals surface area contributed by atoms with Crippen LogP contribution in [0, 0.1) is 0 Å². The van der Waals surface area contributed by atoms with Crippen molar-refractivity contribution in [3.05, 3.63) is 65.3 Å². The van der Waals surface area contributed by atoms with Gasteiger partial charge in [-0.15, -0.1) is 0 Å². The molecule has 1 unspecified atom stereocenters. The van der Waals surface area contributed by atoms with Gasteiger partial charge in [0.25, 0.3) is 0 Å². The molecule has 0 radical (unpaired) electrons. The molecule has 1 atom stereocenters. The molecule has 0 aromatic heterocycles. The van der Waals surface area contributed by atoms with E-state index in [-0.39, 0.29) is 29.4 Å². The third-order valence-corrected chi connectivity index (χ3v) is 4.46. The van der Waals surface area contributed by atoms with Gasteiger partial charge in [-0.1, -0.05) is 30.9 Å². The lowest BCUT2D eigenvalue weighted by molar-refractivity contribution is -0.141. The number of hydrogen-bond acceptors (Lipinski definition) is 7. The van der Waals surface area contributed by atoms with Gasteiger partial charge in [0.1, 0.15) is 28.9 Å². The second-order valence-electron chi connectivity index (χ2n) is 5.90. The minimum atomic E-state index is -1.84. The van der Waals surface area contributed by atoms with Crippen molar-refractivity contribution in [3.8, 4) is 0 Å². The number of rotatable bonds is 4. The number of anilines is 1. The number of ether oxygens (including phenoxy) is 3. The lowest BCUT2D eigenvalue weighted by Crippen LogP contribution is -2.48. The SMILES string of the molecule is C=CCOC(=O)C1=C(N)OC(C)=C(C(=O)OC)C12C(=O)Nc1ccccc12. The number of para-hydroxylation sites is 1. The van der Waals surface area contributed by atoms with Crippen LogP contribution in [-0.2, 0) is 34.0 Å². The fourth-order valence-electron chi connectivity index (χ4n) is 3.45. The van der Waals surface area contributed by atoms with Crippen LogP contribution in [0.2, 0.25) is 0 Å². The summed E-state index contributed by atoms with van der Waals surface area (Å²) in [5, 5.41) is 2.69. The Morgan fingerprint density at radius 2 is 2.00 bits per heavy atom. The number of esters is 2. The molecule has 140 valence electrons. The van der Waals surface area contributed by atoms with Gasteiger partial charge in [0.15, 0.2) is 0 Å². The molecule has 2 aliphatic heterocycles. The maximum Gasteiger partial charge on any atom is 0.341 e. The molecule has 3 N–H and O–H groups in total. The molecule has 1 aromatic rings. The van der Waals surface area contributed by atoms with Crippen molar-refractivity contribution < 1.29 is 28.6 Å². The summed E-state index contributed by atoms with van der Waals surface area (Å²) < 4.78 is 15.4. The third-order valence-electron chi connectivity index (χ3n) is 4.46. The average Bonchev–Trinajstić information content (AvgIpc) is 2.92. The maximum atomic E-state index is 13.2. The van der Waals surface area contributed by atoms with E-state index in [1.54, 1.807) is 24.3 Å². The first-order chi connectivity index (χ1) is 12.9.